The Bertz CT molecular complexity index is 739. The van der Waals surface area contributed by atoms with Crippen LogP contribution in [0.15, 0.2) is 34.9 Å². The molecule has 0 saturated carbocycles. The maximum absolute atomic E-state index is 13.7. The number of carboxylic acid groups (broad SMARTS) is 1. The Hall–Kier alpha value is -2.00. The van der Waals surface area contributed by atoms with Crippen molar-refractivity contribution in [3.8, 4) is 11.3 Å². The predicted octanol–water partition coefficient (Wildman–Crippen LogP) is 3.39. The number of aryl methyl sites for hydroxylation is 1. The summed E-state index contributed by atoms with van der Waals surface area (Å²) in [6, 6.07) is 6.27. The fourth-order valence-electron chi connectivity index (χ4n) is 2.00. The molecular weight excluding hydrogens is 379 g/mol. The third-order valence-electron chi connectivity index (χ3n) is 3.25. The van der Waals surface area contributed by atoms with Gasteiger partial charge in [0, 0.05) is 30.9 Å². The zero-order valence-corrected chi connectivity index (χ0v) is 15.6. The van der Waals surface area contributed by atoms with E-state index in [1.54, 1.807) is 18.2 Å². The van der Waals surface area contributed by atoms with E-state index in [1.165, 1.54) is 33.9 Å². The number of hydrogen-bond donors (Lipinski definition) is 2. The van der Waals surface area contributed by atoms with E-state index in [2.05, 4.69) is 10.3 Å². The number of nitrogens with one attached hydrogen (secondary N) is 1. The summed E-state index contributed by atoms with van der Waals surface area (Å²) in [5, 5.41) is 11.3. The summed E-state index contributed by atoms with van der Waals surface area (Å²) in [6.45, 7) is 0.510. The molecule has 0 aliphatic heterocycles. The molecule has 2 aromatic rings. The van der Waals surface area contributed by atoms with Gasteiger partial charge < -0.3 is 14.8 Å². The number of hydrogen-bond acceptors (Lipinski definition) is 6. The van der Waals surface area contributed by atoms with Crippen LogP contribution in [0, 0.1) is 5.82 Å². The zero-order valence-electron chi connectivity index (χ0n) is 13.9. The van der Waals surface area contributed by atoms with Crippen molar-refractivity contribution < 1.29 is 23.5 Å². The van der Waals surface area contributed by atoms with Crippen molar-refractivity contribution >= 4 is 33.5 Å². The van der Waals surface area contributed by atoms with Crippen molar-refractivity contribution in [1.29, 1.82) is 0 Å². The van der Waals surface area contributed by atoms with E-state index in [1.807, 2.05) is 0 Å². The van der Waals surface area contributed by atoms with Gasteiger partial charge in [-0.3, -0.25) is 9.59 Å². The molecule has 0 saturated heterocycles. The summed E-state index contributed by atoms with van der Waals surface area (Å²) in [5.74, 6) is 0.661. The van der Waals surface area contributed by atoms with Crippen LogP contribution in [-0.4, -0.2) is 40.0 Å². The summed E-state index contributed by atoms with van der Waals surface area (Å²) in [6.07, 6.45) is 2.15. The van der Waals surface area contributed by atoms with Crippen molar-refractivity contribution in [2.24, 2.45) is 0 Å². The highest BCUT2D eigenvalue weighted by Crippen LogP contribution is 2.23. The van der Waals surface area contributed by atoms with Crippen LogP contribution in [-0.2, 0) is 16.0 Å². The van der Waals surface area contributed by atoms with E-state index in [9.17, 15) is 14.0 Å². The summed E-state index contributed by atoms with van der Waals surface area (Å²) in [4.78, 5) is 26.2. The summed E-state index contributed by atoms with van der Waals surface area (Å²) < 4.78 is 19.2. The number of carbonyl (C=O) groups is 2. The van der Waals surface area contributed by atoms with Crippen LogP contribution in [0.3, 0.4) is 0 Å². The first-order valence-electron chi connectivity index (χ1n) is 7.99. The lowest BCUT2D eigenvalue weighted by molar-refractivity contribution is -0.136. The molecule has 2 N–H and O–H groups in total. The van der Waals surface area contributed by atoms with Gasteiger partial charge in [0.05, 0.1) is 18.2 Å². The number of carboxylic acids is 1. The molecule has 1 heterocycles. The molecule has 0 fully saturated rings. The lowest BCUT2D eigenvalue weighted by atomic mass is 10.2. The quantitative estimate of drug-likeness (QED) is 0.443. The smallest absolute Gasteiger partial charge is 0.304 e. The van der Waals surface area contributed by atoms with Gasteiger partial charge in [-0.15, -0.1) is 0 Å². The minimum absolute atomic E-state index is 0.119. The summed E-state index contributed by atoms with van der Waals surface area (Å²) in [5.41, 5.74) is 0.341. The largest absolute Gasteiger partial charge is 0.481 e. The molecule has 140 valence electrons. The molecule has 0 spiro atoms. The molecular formula is C17H19FN2O4S2. The fraction of sp³-hybridized carbons (Fsp3) is 0.353. The Morgan fingerprint density at radius 1 is 1.19 bits per heavy atom. The van der Waals surface area contributed by atoms with Gasteiger partial charge in [0.1, 0.15) is 5.82 Å². The van der Waals surface area contributed by atoms with Crippen LogP contribution in [0.1, 0.15) is 18.7 Å². The van der Waals surface area contributed by atoms with Crippen LogP contribution in [0.4, 0.5) is 4.39 Å². The summed E-state index contributed by atoms with van der Waals surface area (Å²) >= 11 is 0. The van der Waals surface area contributed by atoms with Crippen LogP contribution < -0.4 is 5.32 Å². The Kier molecular flexibility index (Phi) is 8.49. The average molecular weight is 398 g/mol. The normalized spacial score (nSPS) is 10.7. The van der Waals surface area contributed by atoms with Gasteiger partial charge in [-0.1, -0.05) is 33.7 Å². The van der Waals surface area contributed by atoms with Crippen LogP contribution in [0.2, 0.25) is 0 Å². The lowest BCUT2D eigenvalue weighted by Gasteiger charge is -2.03. The highest BCUT2D eigenvalue weighted by molar-refractivity contribution is 8.76. The molecule has 6 nitrogen and oxygen atoms in total. The van der Waals surface area contributed by atoms with Gasteiger partial charge in [-0.25, -0.2) is 9.37 Å². The van der Waals surface area contributed by atoms with Gasteiger partial charge in [0.15, 0.2) is 11.7 Å². The van der Waals surface area contributed by atoms with E-state index in [4.69, 9.17) is 9.52 Å². The van der Waals surface area contributed by atoms with Gasteiger partial charge >= 0.3 is 5.97 Å². The second kappa shape index (κ2) is 10.9. The van der Waals surface area contributed by atoms with Crippen molar-refractivity contribution in [2.75, 3.05) is 18.1 Å². The lowest BCUT2D eigenvalue weighted by Crippen LogP contribution is -2.25. The number of halogens is 1. The monoisotopic (exact) mass is 398 g/mol. The maximum atomic E-state index is 13.7. The first kappa shape index (κ1) is 20.3. The minimum Gasteiger partial charge on any atom is -0.481 e. The van der Waals surface area contributed by atoms with Gasteiger partial charge in [0.25, 0.3) is 0 Å². The number of oxazole rings is 1. The second-order valence-corrected chi connectivity index (χ2v) is 7.94. The fourth-order valence-corrected chi connectivity index (χ4v) is 3.89. The standard InChI is InChI=1S/C17H19FN2O4S2/c18-13-4-2-1-3-12(13)14-11-20-16(24-14)6-5-15(21)19-8-10-26-25-9-7-17(22)23/h1-4,11H,5-10H2,(H,19,21)(H,22,23). The van der Waals surface area contributed by atoms with E-state index in [-0.39, 0.29) is 24.6 Å². The summed E-state index contributed by atoms with van der Waals surface area (Å²) in [7, 11) is 3.00. The number of aliphatic carboxylic acids is 1. The van der Waals surface area contributed by atoms with Crippen LogP contribution in [0.25, 0.3) is 11.3 Å². The molecule has 0 atom stereocenters. The zero-order chi connectivity index (χ0) is 18.8. The number of aromatic nitrogens is 1. The molecule has 1 amide bonds. The topological polar surface area (TPSA) is 92.4 Å². The molecule has 0 aliphatic carbocycles. The molecule has 0 aliphatic rings. The van der Waals surface area contributed by atoms with Crippen molar-refractivity contribution in [3.63, 3.8) is 0 Å². The minimum atomic E-state index is -0.809. The highest BCUT2D eigenvalue weighted by atomic mass is 33.1. The predicted molar refractivity (Wildman–Crippen MR) is 100 cm³/mol. The average Bonchev–Trinajstić information content (AvgIpc) is 3.08. The molecule has 2 rings (SSSR count). The van der Waals surface area contributed by atoms with E-state index in [0.29, 0.717) is 41.7 Å². The number of nitrogens with zero attached hydrogens (tertiary/aromatic N) is 1. The van der Waals surface area contributed by atoms with E-state index < -0.39 is 5.97 Å². The number of benzene rings is 1. The van der Waals surface area contributed by atoms with E-state index in [0.717, 1.165) is 0 Å². The SMILES string of the molecule is O=C(O)CCSSCCNC(=O)CCc1ncc(-c2ccccc2F)o1. The van der Waals surface area contributed by atoms with E-state index >= 15 is 0 Å². The highest BCUT2D eigenvalue weighted by Gasteiger charge is 2.11. The van der Waals surface area contributed by atoms with Gasteiger partial charge in [-0.05, 0) is 12.1 Å². The molecule has 1 aromatic carbocycles. The van der Waals surface area contributed by atoms with Crippen molar-refractivity contribution in [2.45, 2.75) is 19.3 Å². The second-order valence-electron chi connectivity index (χ2n) is 5.24. The first-order valence-corrected chi connectivity index (χ1v) is 10.5. The molecule has 26 heavy (non-hydrogen) atoms. The molecule has 9 heteroatoms. The first-order chi connectivity index (χ1) is 12.6. The molecule has 0 radical (unpaired) electrons. The van der Waals surface area contributed by atoms with Crippen molar-refractivity contribution in [3.05, 3.63) is 42.2 Å². The molecule has 1 aromatic heterocycles. The van der Waals surface area contributed by atoms with Crippen LogP contribution >= 0.6 is 21.6 Å². The molecule has 0 unspecified atom stereocenters. The Balaban J connectivity index is 1.64. The third-order valence-corrected chi connectivity index (χ3v) is 5.66. The van der Waals surface area contributed by atoms with Crippen LogP contribution in [0.5, 0.6) is 0 Å². The Morgan fingerprint density at radius 3 is 2.73 bits per heavy atom. The number of rotatable bonds is 11. The Labute approximate surface area is 158 Å². The number of carbonyl (C=O) groups excluding carboxylic acids is 1. The molecule has 0 bridgehead atoms. The number of amides is 1. The van der Waals surface area contributed by atoms with Gasteiger partial charge in [0.2, 0.25) is 5.91 Å². The van der Waals surface area contributed by atoms with Gasteiger partial charge in [-0.2, -0.15) is 0 Å². The van der Waals surface area contributed by atoms with Crippen molar-refractivity contribution in [1.82, 2.24) is 10.3 Å². The third kappa shape index (κ3) is 7.09. The Morgan fingerprint density at radius 2 is 1.96 bits per heavy atom. The maximum Gasteiger partial charge on any atom is 0.304 e.